The molecule has 0 radical (unpaired) electrons. The fraction of sp³-hybridized carbons (Fsp3) is 0.194. The molecule has 0 spiro atoms. The lowest BCUT2D eigenvalue weighted by Gasteiger charge is -2.37. The van der Waals surface area contributed by atoms with Crippen molar-refractivity contribution in [2.45, 2.75) is 37.0 Å². The molecule has 3 aliphatic rings. The van der Waals surface area contributed by atoms with Gasteiger partial charge in [-0.05, 0) is 22.3 Å². The highest BCUT2D eigenvalue weighted by atomic mass is 15.4. The molecule has 0 fully saturated rings. The molecule has 4 aromatic carbocycles. The standard InChI is InChI=1S/C31H27N2/c1-3-11-22(12-4-1)28-19-24-15-7-9-17-26(24)30-31-27-18-10-8-16-25(27)20-29(33(31)21-32(28)30)23-13-5-2-6-14-23/h1-18,21,28-31H,19-20H2/q+1/t28-,29-,30-,31-/m0/s1. The summed E-state index contributed by atoms with van der Waals surface area (Å²) in [4.78, 5) is 2.67. The smallest absolute Gasteiger partial charge is 0.236 e. The molecule has 2 heteroatoms. The highest BCUT2D eigenvalue weighted by molar-refractivity contribution is 5.59. The summed E-state index contributed by atoms with van der Waals surface area (Å²) in [6.07, 6.45) is 4.56. The van der Waals surface area contributed by atoms with Gasteiger partial charge in [0, 0.05) is 24.0 Å². The fourth-order valence-corrected chi connectivity index (χ4v) is 6.41. The molecule has 4 atom stereocenters. The highest BCUT2D eigenvalue weighted by Crippen LogP contribution is 2.53. The molecule has 0 aliphatic carbocycles. The van der Waals surface area contributed by atoms with Gasteiger partial charge in [-0.3, -0.25) is 0 Å². The molecule has 3 heterocycles. The molecule has 3 aliphatic heterocycles. The average Bonchev–Trinajstić information content (AvgIpc) is 3.30. The molecule has 33 heavy (non-hydrogen) atoms. The minimum Gasteiger partial charge on any atom is -0.249 e. The van der Waals surface area contributed by atoms with Gasteiger partial charge in [-0.2, -0.15) is 0 Å². The van der Waals surface area contributed by atoms with Crippen LogP contribution in [0.2, 0.25) is 0 Å². The lowest BCUT2D eigenvalue weighted by Crippen LogP contribution is -2.37. The molecule has 7 rings (SSSR count). The van der Waals surface area contributed by atoms with Gasteiger partial charge < -0.3 is 0 Å². The number of benzene rings is 4. The lowest BCUT2D eigenvalue weighted by molar-refractivity contribution is -0.609. The van der Waals surface area contributed by atoms with Crippen molar-refractivity contribution >= 4 is 6.34 Å². The Balaban J connectivity index is 1.45. The molecule has 0 aromatic heterocycles. The first kappa shape index (κ1) is 18.9. The summed E-state index contributed by atoms with van der Waals surface area (Å²) in [5.74, 6) is 0. The second-order valence-corrected chi connectivity index (χ2v) is 9.56. The molecule has 0 saturated heterocycles. The van der Waals surface area contributed by atoms with Crippen molar-refractivity contribution in [2.75, 3.05) is 0 Å². The van der Waals surface area contributed by atoms with Crippen LogP contribution in [0, 0.1) is 0 Å². The van der Waals surface area contributed by atoms with E-state index < -0.39 is 0 Å². The fourth-order valence-electron chi connectivity index (χ4n) is 6.41. The zero-order chi connectivity index (χ0) is 21.8. The maximum atomic E-state index is 2.67. The van der Waals surface area contributed by atoms with E-state index in [1.807, 2.05) is 0 Å². The van der Waals surface area contributed by atoms with E-state index in [9.17, 15) is 0 Å². The van der Waals surface area contributed by atoms with E-state index in [1.165, 1.54) is 33.4 Å². The predicted octanol–water partition coefficient (Wildman–Crippen LogP) is 6.42. The van der Waals surface area contributed by atoms with Gasteiger partial charge in [0.05, 0.1) is 0 Å². The zero-order valence-electron chi connectivity index (χ0n) is 18.6. The van der Waals surface area contributed by atoms with Crippen molar-refractivity contribution < 1.29 is 4.58 Å². The van der Waals surface area contributed by atoms with Crippen LogP contribution in [-0.2, 0) is 12.8 Å². The summed E-state index contributed by atoms with van der Waals surface area (Å²) >= 11 is 0. The molecule has 0 N–H and O–H groups in total. The van der Waals surface area contributed by atoms with Gasteiger partial charge in [0.1, 0.15) is 12.1 Å². The van der Waals surface area contributed by atoms with E-state index in [0.717, 1.165) is 12.8 Å². The van der Waals surface area contributed by atoms with Crippen molar-refractivity contribution in [1.29, 1.82) is 0 Å². The molecule has 4 aromatic rings. The predicted molar refractivity (Wildman–Crippen MR) is 132 cm³/mol. The van der Waals surface area contributed by atoms with Crippen LogP contribution in [-0.4, -0.2) is 15.8 Å². The Labute approximate surface area is 195 Å². The van der Waals surface area contributed by atoms with Crippen LogP contribution >= 0.6 is 0 Å². The third-order valence-corrected chi connectivity index (χ3v) is 7.87. The maximum Gasteiger partial charge on any atom is 0.236 e. The number of hydrogen-bond donors (Lipinski definition) is 0. The first-order valence-electron chi connectivity index (χ1n) is 12.0. The zero-order valence-corrected chi connectivity index (χ0v) is 18.6. The van der Waals surface area contributed by atoms with Gasteiger partial charge in [-0.15, -0.1) is 0 Å². The second-order valence-electron chi connectivity index (χ2n) is 9.56. The topological polar surface area (TPSA) is 6.25 Å². The van der Waals surface area contributed by atoms with Crippen LogP contribution in [0.25, 0.3) is 0 Å². The number of nitrogens with zero attached hydrogens (tertiary/aromatic N) is 2. The molecule has 0 unspecified atom stereocenters. The van der Waals surface area contributed by atoms with Gasteiger partial charge in [0.2, 0.25) is 6.34 Å². The first-order chi connectivity index (χ1) is 16.4. The third-order valence-electron chi connectivity index (χ3n) is 7.87. The highest BCUT2D eigenvalue weighted by Gasteiger charge is 2.54. The van der Waals surface area contributed by atoms with Gasteiger partial charge >= 0.3 is 0 Å². The number of hydrogen-bond acceptors (Lipinski definition) is 1. The summed E-state index contributed by atoms with van der Waals surface area (Å²) in [5, 5.41) is 0. The molecule has 0 bridgehead atoms. The minimum atomic E-state index is 0.313. The molecule has 160 valence electrons. The van der Waals surface area contributed by atoms with Gasteiger partial charge in [-0.1, -0.05) is 109 Å². The third kappa shape index (κ3) is 2.90. The summed E-state index contributed by atoms with van der Waals surface area (Å²) in [5.41, 5.74) is 8.74. The van der Waals surface area contributed by atoms with E-state index in [4.69, 9.17) is 0 Å². The second kappa shape index (κ2) is 7.45. The molecule has 2 nitrogen and oxygen atoms in total. The largest absolute Gasteiger partial charge is 0.249 e. The van der Waals surface area contributed by atoms with Crippen LogP contribution in [0.3, 0.4) is 0 Å². The van der Waals surface area contributed by atoms with Gasteiger partial charge in [0.25, 0.3) is 0 Å². The van der Waals surface area contributed by atoms with E-state index in [0.29, 0.717) is 24.2 Å². The first-order valence-corrected chi connectivity index (χ1v) is 12.0. The van der Waals surface area contributed by atoms with Crippen LogP contribution in [0.1, 0.15) is 57.5 Å². The minimum absolute atomic E-state index is 0.313. The van der Waals surface area contributed by atoms with Gasteiger partial charge in [-0.25, -0.2) is 9.48 Å². The SMILES string of the molecule is C1=[N+]2[C@H](c3ccccc3)Cc3ccccc3[C@H]2[C@@H]2c3ccccc3C[C@@H](c3ccccc3)N12. The number of rotatable bonds is 2. The van der Waals surface area contributed by atoms with Crippen molar-refractivity contribution in [3.8, 4) is 0 Å². The summed E-state index contributed by atoms with van der Waals surface area (Å²) < 4.78 is 2.67. The van der Waals surface area contributed by atoms with Crippen molar-refractivity contribution in [3.05, 3.63) is 143 Å². The maximum absolute atomic E-state index is 2.67. The van der Waals surface area contributed by atoms with Crippen LogP contribution < -0.4 is 0 Å². The van der Waals surface area contributed by atoms with Crippen LogP contribution in [0.15, 0.2) is 109 Å². The Hall–Kier alpha value is -3.65. The number of fused-ring (bicyclic) bond motifs is 7. The summed E-state index contributed by atoms with van der Waals surface area (Å²) in [6, 6.07) is 41.7. The van der Waals surface area contributed by atoms with Gasteiger partial charge in [0.15, 0.2) is 12.1 Å². The van der Waals surface area contributed by atoms with Crippen LogP contribution in [0.5, 0.6) is 0 Å². The Morgan fingerprint density at radius 1 is 0.576 bits per heavy atom. The van der Waals surface area contributed by atoms with Crippen molar-refractivity contribution in [3.63, 3.8) is 0 Å². The summed E-state index contributed by atoms with van der Waals surface area (Å²) in [7, 11) is 0. The van der Waals surface area contributed by atoms with E-state index in [2.05, 4.69) is 125 Å². The van der Waals surface area contributed by atoms with Crippen molar-refractivity contribution in [2.24, 2.45) is 0 Å². The Morgan fingerprint density at radius 2 is 1.15 bits per heavy atom. The normalized spacial score (nSPS) is 24.8. The Bertz CT molecular complexity index is 1340. The lowest BCUT2D eigenvalue weighted by atomic mass is 9.78. The molecular weight excluding hydrogens is 400 g/mol. The molecular formula is C31H27N2+. The quantitative estimate of drug-likeness (QED) is 0.335. The van der Waals surface area contributed by atoms with E-state index in [1.54, 1.807) is 0 Å². The Kier molecular flexibility index (Phi) is 4.26. The Morgan fingerprint density at radius 3 is 1.88 bits per heavy atom. The molecule has 0 amide bonds. The van der Waals surface area contributed by atoms with E-state index in [-0.39, 0.29) is 0 Å². The summed E-state index contributed by atoms with van der Waals surface area (Å²) in [6.45, 7) is 0. The average molecular weight is 428 g/mol. The monoisotopic (exact) mass is 427 g/mol. The van der Waals surface area contributed by atoms with Crippen LogP contribution in [0.4, 0.5) is 0 Å². The molecule has 0 saturated carbocycles. The van der Waals surface area contributed by atoms with E-state index >= 15 is 0 Å². The van der Waals surface area contributed by atoms with Crippen molar-refractivity contribution in [1.82, 2.24) is 4.90 Å².